The maximum absolute atomic E-state index is 4.29. The highest BCUT2D eigenvalue weighted by atomic mass is 127. The van der Waals surface area contributed by atoms with Gasteiger partial charge < -0.3 is 4.98 Å². The van der Waals surface area contributed by atoms with Crippen LogP contribution < -0.4 is 0 Å². The summed E-state index contributed by atoms with van der Waals surface area (Å²) in [5.41, 5.74) is 0. The molecule has 1 fully saturated rings. The van der Waals surface area contributed by atoms with Crippen LogP contribution in [0.4, 0.5) is 0 Å². The van der Waals surface area contributed by atoms with E-state index in [9.17, 15) is 0 Å². The zero-order valence-corrected chi connectivity index (χ0v) is 11.4. The second-order valence-electron chi connectivity index (χ2n) is 3.11. The zero-order valence-electron chi connectivity index (χ0n) is 7.65. The Morgan fingerprint density at radius 2 is 2.21 bits per heavy atom. The van der Waals surface area contributed by atoms with E-state index >= 15 is 0 Å². The Kier molecular flexibility index (Phi) is 7.11. The first kappa shape index (κ1) is 14.5. The molecule has 1 unspecified atom stereocenters. The fraction of sp³-hybridized carbons (Fsp3) is 0.625. The summed E-state index contributed by atoms with van der Waals surface area (Å²) in [4.78, 5) is 7.47. The van der Waals surface area contributed by atoms with E-state index in [0.29, 0.717) is 6.04 Å². The lowest BCUT2D eigenvalue weighted by molar-refractivity contribution is 0.293. The van der Waals surface area contributed by atoms with E-state index < -0.39 is 0 Å². The van der Waals surface area contributed by atoms with Crippen molar-refractivity contribution >= 4 is 47.7 Å². The van der Waals surface area contributed by atoms with Gasteiger partial charge >= 0.3 is 0 Å². The summed E-state index contributed by atoms with van der Waals surface area (Å²) in [7, 11) is 0. The number of aromatic nitrogens is 2. The van der Waals surface area contributed by atoms with Gasteiger partial charge in [0, 0.05) is 41.8 Å². The van der Waals surface area contributed by atoms with E-state index in [1.165, 1.54) is 25.8 Å². The Hall–Kier alpha value is 0.480. The van der Waals surface area contributed by atoms with E-state index in [1.54, 1.807) is 0 Å². The number of nitrogens with one attached hydrogen (secondary N) is 1. The number of hydrogen-bond donors (Lipinski definition) is 1. The third kappa shape index (κ3) is 3.25. The van der Waals surface area contributed by atoms with Crippen LogP contribution in [0.25, 0.3) is 0 Å². The molecule has 0 saturated carbocycles. The summed E-state index contributed by atoms with van der Waals surface area (Å²) in [6.45, 7) is 1.19. The van der Waals surface area contributed by atoms with Crippen molar-refractivity contribution in [3.05, 3.63) is 18.2 Å². The SMILES string of the molecule is Cl.Cl.IN1CCCCC1c1ncc[nH]1. The van der Waals surface area contributed by atoms with E-state index in [-0.39, 0.29) is 24.8 Å². The van der Waals surface area contributed by atoms with Gasteiger partial charge in [-0.1, -0.05) is 6.42 Å². The van der Waals surface area contributed by atoms with E-state index in [0.717, 1.165) is 5.82 Å². The molecule has 1 aliphatic heterocycles. The monoisotopic (exact) mass is 349 g/mol. The molecule has 0 aromatic carbocycles. The number of halogens is 3. The Labute approximate surface area is 110 Å². The minimum absolute atomic E-state index is 0. The highest BCUT2D eigenvalue weighted by molar-refractivity contribution is 14.1. The number of aromatic amines is 1. The standard InChI is InChI=1S/C8H12IN3.2ClH/c9-12-6-2-1-3-7(12)8-10-4-5-11-8;;/h4-5,7H,1-3,6H2,(H,10,11);2*1H. The number of hydrogen-bond acceptors (Lipinski definition) is 2. The topological polar surface area (TPSA) is 31.9 Å². The average Bonchev–Trinajstić information content (AvgIpc) is 2.57. The Morgan fingerprint density at radius 3 is 2.79 bits per heavy atom. The molecule has 0 spiro atoms. The van der Waals surface area contributed by atoms with Crippen molar-refractivity contribution in [2.75, 3.05) is 6.54 Å². The van der Waals surface area contributed by atoms with Gasteiger partial charge in [-0.05, 0) is 12.8 Å². The maximum Gasteiger partial charge on any atom is 0.124 e. The fourth-order valence-electron chi connectivity index (χ4n) is 1.63. The molecule has 3 nitrogen and oxygen atoms in total. The van der Waals surface area contributed by atoms with Gasteiger partial charge in [-0.2, -0.15) is 0 Å². The number of H-pyrrole nitrogens is 1. The van der Waals surface area contributed by atoms with Gasteiger partial charge in [0.2, 0.25) is 0 Å². The number of nitrogens with zero attached hydrogens (tertiary/aromatic N) is 2. The lowest BCUT2D eigenvalue weighted by atomic mass is 10.0. The molecule has 82 valence electrons. The summed E-state index contributed by atoms with van der Waals surface area (Å²) >= 11 is 2.39. The van der Waals surface area contributed by atoms with Crippen molar-refractivity contribution in [3.63, 3.8) is 0 Å². The van der Waals surface area contributed by atoms with Crippen LogP contribution in [-0.4, -0.2) is 19.6 Å². The van der Waals surface area contributed by atoms with Gasteiger partial charge in [-0.15, -0.1) is 24.8 Å². The van der Waals surface area contributed by atoms with E-state index in [4.69, 9.17) is 0 Å². The summed E-state index contributed by atoms with van der Waals surface area (Å²) in [5.74, 6) is 1.11. The van der Waals surface area contributed by atoms with Gasteiger partial charge in [0.15, 0.2) is 0 Å². The first-order valence-corrected chi connectivity index (χ1v) is 5.26. The predicted octanol–water partition coefficient (Wildman–Crippen LogP) is 3.13. The second kappa shape index (κ2) is 6.87. The van der Waals surface area contributed by atoms with Crippen LogP contribution in [0.3, 0.4) is 0 Å². The van der Waals surface area contributed by atoms with Crippen LogP contribution in [0.15, 0.2) is 12.4 Å². The molecule has 14 heavy (non-hydrogen) atoms. The summed E-state index contributed by atoms with van der Waals surface area (Å²) in [6, 6.07) is 0.509. The third-order valence-electron chi connectivity index (χ3n) is 2.27. The number of rotatable bonds is 1. The molecule has 2 heterocycles. The van der Waals surface area contributed by atoms with Crippen molar-refractivity contribution in [2.24, 2.45) is 0 Å². The molecule has 0 amide bonds. The largest absolute Gasteiger partial charge is 0.347 e. The molecule has 6 heteroatoms. The van der Waals surface area contributed by atoms with Crippen molar-refractivity contribution in [1.29, 1.82) is 0 Å². The Bertz CT molecular complexity index is 243. The van der Waals surface area contributed by atoms with Crippen LogP contribution in [0.1, 0.15) is 31.1 Å². The van der Waals surface area contributed by atoms with Crippen LogP contribution in [0.2, 0.25) is 0 Å². The molecule has 1 atom stereocenters. The molecular formula is C8H14Cl2IN3. The smallest absolute Gasteiger partial charge is 0.124 e. The molecule has 1 saturated heterocycles. The van der Waals surface area contributed by atoms with Crippen LogP contribution in [0, 0.1) is 0 Å². The average molecular weight is 350 g/mol. The molecule has 1 aliphatic rings. The highest BCUT2D eigenvalue weighted by Crippen LogP contribution is 2.31. The van der Waals surface area contributed by atoms with Crippen LogP contribution >= 0.6 is 47.7 Å². The van der Waals surface area contributed by atoms with Gasteiger partial charge in [-0.3, -0.25) is 0 Å². The predicted molar refractivity (Wildman–Crippen MR) is 70.4 cm³/mol. The van der Waals surface area contributed by atoms with E-state index in [1.807, 2.05) is 12.4 Å². The molecule has 0 radical (unpaired) electrons. The van der Waals surface area contributed by atoms with Gasteiger partial charge in [0.05, 0.1) is 6.04 Å². The normalized spacial score (nSPS) is 22.2. The molecule has 0 aliphatic carbocycles. The van der Waals surface area contributed by atoms with Crippen molar-refractivity contribution in [2.45, 2.75) is 25.3 Å². The Balaban J connectivity index is 0.000000845. The van der Waals surface area contributed by atoms with E-state index in [2.05, 4.69) is 35.9 Å². The molecular weight excluding hydrogens is 336 g/mol. The molecule has 1 aromatic heterocycles. The minimum atomic E-state index is 0. The molecule has 0 bridgehead atoms. The number of piperidine rings is 1. The minimum Gasteiger partial charge on any atom is -0.347 e. The molecule has 1 aromatic rings. The van der Waals surface area contributed by atoms with Gasteiger partial charge in [0.25, 0.3) is 0 Å². The maximum atomic E-state index is 4.29. The molecule has 1 N–H and O–H groups in total. The third-order valence-corrected chi connectivity index (χ3v) is 3.43. The van der Waals surface area contributed by atoms with Crippen LogP contribution in [0.5, 0.6) is 0 Å². The lowest BCUT2D eigenvalue weighted by Gasteiger charge is -2.28. The lowest BCUT2D eigenvalue weighted by Crippen LogP contribution is -2.25. The fourth-order valence-corrected chi connectivity index (χ4v) is 2.51. The number of imidazole rings is 1. The summed E-state index contributed by atoms with van der Waals surface area (Å²) in [6.07, 6.45) is 7.60. The molecule has 2 rings (SSSR count). The quantitative estimate of drug-likeness (QED) is 0.624. The van der Waals surface area contributed by atoms with Gasteiger partial charge in [-0.25, -0.2) is 8.10 Å². The first-order chi connectivity index (χ1) is 5.88. The Morgan fingerprint density at radius 1 is 1.43 bits per heavy atom. The zero-order chi connectivity index (χ0) is 8.39. The second-order valence-corrected chi connectivity index (χ2v) is 4.35. The van der Waals surface area contributed by atoms with Crippen molar-refractivity contribution in [3.8, 4) is 0 Å². The first-order valence-electron chi connectivity index (χ1n) is 4.29. The highest BCUT2D eigenvalue weighted by Gasteiger charge is 2.23. The summed E-state index contributed by atoms with van der Waals surface area (Å²) in [5, 5.41) is 0. The summed E-state index contributed by atoms with van der Waals surface area (Å²) < 4.78 is 2.35. The van der Waals surface area contributed by atoms with Gasteiger partial charge in [0.1, 0.15) is 5.82 Å². The van der Waals surface area contributed by atoms with Crippen molar-refractivity contribution in [1.82, 2.24) is 13.1 Å². The van der Waals surface area contributed by atoms with Crippen LogP contribution in [-0.2, 0) is 0 Å². The van der Waals surface area contributed by atoms with Crippen molar-refractivity contribution < 1.29 is 0 Å².